The van der Waals surface area contributed by atoms with Crippen LogP contribution in [0, 0.1) is 0 Å². The van der Waals surface area contributed by atoms with Gasteiger partial charge in [-0.2, -0.15) is 0 Å². The second kappa shape index (κ2) is 21.4. The molecule has 0 unspecified atom stereocenters. The maximum atomic E-state index is 13.3. The minimum absolute atomic E-state index is 0.142. The molecule has 0 aromatic heterocycles. The summed E-state index contributed by atoms with van der Waals surface area (Å²) in [6.45, 7) is 1.33. The van der Waals surface area contributed by atoms with E-state index in [1.165, 1.54) is 7.11 Å². The summed E-state index contributed by atoms with van der Waals surface area (Å²) < 4.78 is 37.9. The number of methoxy groups -OCH3 is 1. The van der Waals surface area contributed by atoms with Gasteiger partial charge in [-0.05, 0) is 27.8 Å². The van der Waals surface area contributed by atoms with Crippen LogP contribution in [0.15, 0.2) is 152 Å². The monoisotopic (exact) mass is 702 g/mol. The molecule has 8 heteroatoms. The third-order valence-corrected chi connectivity index (χ3v) is 8.43. The van der Waals surface area contributed by atoms with Crippen molar-refractivity contribution >= 4 is 11.8 Å². The molecule has 0 heterocycles. The Morgan fingerprint density at radius 3 is 1.15 bits per heavy atom. The average Bonchev–Trinajstić information content (AvgIpc) is 3.21. The molecule has 0 aliphatic heterocycles. The van der Waals surface area contributed by atoms with Crippen LogP contribution in [0.2, 0.25) is 0 Å². The van der Waals surface area contributed by atoms with E-state index < -0.39 is 36.2 Å². The number of hydrogen-bond donors (Lipinski definition) is 0. The van der Waals surface area contributed by atoms with Crippen molar-refractivity contribution in [3.63, 3.8) is 0 Å². The first kappa shape index (κ1) is 38.3. The second-order valence-electron chi connectivity index (χ2n) is 12.3. The summed E-state index contributed by atoms with van der Waals surface area (Å²) in [5.74, 6) is -1.70. The van der Waals surface area contributed by atoms with E-state index in [0.717, 1.165) is 27.8 Å². The van der Waals surface area contributed by atoms with Gasteiger partial charge in [-0.1, -0.05) is 152 Å². The predicted molar refractivity (Wildman–Crippen MR) is 198 cm³/mol. The Morgan fingerprint density at radius 1 is 0.442 bits per heavy atom. The number of hydrogen-bond acceptors (Lipinski definition) is 8. The highest BCUT2D eigenvalue weighted by Crippen LogP contribution is 2.26. The fourth-order valence-electron chi connectivity index (χ4n) is 5.67. The molecule has 0 amide bonds. The van der Waals surface area contributed by atoms with Crippen LogP contribution in [0.5, 0.6) is 0 Å². The summed E-state index contributed by atoms with van der Waals surface area (Å²) in [5, 5.41) is 0. The van der Waals surface area contributed by atoms with Crippen molar-refractivity contribution in [2.45, 2.75) is 63.9 Å². The van der Waals surface area contributed by atoms with Crippen LogP contribution < -0.4 is 0 Å². The van der Waals surface area contributed by atoms with Crippen molar-refractivity contribution in [1.82, 2.24) is 0 Å². The highest BCUT2D eigenvalue weighted by Gasteiger charge is 2.40. The Balaban J connectivity index is 1.53. The Bertz CT molecular complexity index is 1720. The van der Waals surface area contributed by atoms with Gasteiger partial charge in [0.2, 0.25) is 5.78 Å². The third-order valence-electron chi connectivity index (χ3n) is 8.43. The standard InChI is InChI=1S/C44H46O8/c1-47-44(46)39(45)27-40(49-29-35-19-9-3-10-20-35)42(51-31-37-23-13-5-14-24-37)43(52-32-38-25-15-6-16-26-38)41(50-30-36-21-11-4-12-22-36)33-48-28-34-17-7-2-8-18-34/h2-26,40-43H,27-33H2,1H3/t40-,41-,42+,43+/m0/s1. The van der Waals surface area contributed by atoms with Gasteiger partial charge in [0.05, 0.1) is 52.9 Å². The van der Waals surface area contributed by atoms with Crippen molar-refractivity contribution < 1.29 is 38.0 Å². The van der Waals surface area contributed by atoms with Crippen LogP contribution in [-0.4, -0.2) is 49.9 Å². The average molecular weight is 703 g/mol. The number of carbonyl (C=O) groups excluding carboxylic acids is 2. The molecule has 5 aromatic rings. The first-order valence-electron chi connectivity index (χ1n) is 17.4. The SMILES string of the molecule is COC(=O)C(=O)C[C@H](OCc1ccccc1)[C@@H](OCc1ccccc1)[C@H](OCc1ccccc1)[C@H](COCc1ccccc1)OCc1ccccc1. The summed E-state index contributed by atoms with van der Waals surface area (Å²) in [7, 11) is 1.19. The van der Waals surface area contributed by atoms with Crippen molar-refractivity contribution in [1.29, 1.82) is 0 Å². The van der Waals surface area contributed by atoms with E-state index in [1.54, 1.807) is 0 Å². The van der Waals surface area contributed by atoms with Gasteiger partial charge in [0.25, 0.3) is 0 Å². The number of benzene rings is 5. The maximum absolute atomic E-state index is 13.3. The number of ether oxygens (including phenoxy) is 6. The van der Waals surface area contributed by atoms with Crippen molar-refractivity contribution in [2.75, 3.05) is 13.7 Å². The minimum atomic E-state index is -0.958. The van der Waals surface area contributed by atoms with Crippen molar-refractivity contribution in [3.8, 4) is 0 Å². The number of esters is 1. The van der Waals surface area contributed by atoms with Crippen LogP contribution in [0.25, 0.3) is 0 Å². The number of carbonyl (C=O) groups is 2. The van der Waals surface area contributed by atoms with Crippen molar-refractivity contribution in [3.05, 3.63) is 179 Å². The lowest BCUT2D eigenvalue weighted by Gasteiger charge is -2.37. The summed E-state index contributed by atoms with van der Waals surface area (Å²) in [5.41, 5.74) is 4.73. The molecule has 0 radical (unpaired) electrons. The number of Topliss-reactive ketones (excluding diaryl/α,β-unsaturated/α-hetero) is 1. The van der Waals surface area contributed by atoms with Crippen LogP contribution >= 0.6 is 0 Å². The highest BCUT2D eigenvalue weighted by atomic mass is 16.6. The molecule has 0 aliphatic carbocycles. The van der Waals surface area contributed by atoms with Gasteiger partial charge < -0.3 is 28.4 Å². The Kier molecular flexibility index (Phi) is 15.8. The molecule has 0 N–H and O–H groups in total. The van der Waals surface area contributed by atoms with E-state index in [1.807, 2.05) is 152 Å². The second-order valence-corrected chi connectivity index (χ2v) is 12.3. The molecule has 4 atom stereocenters. The lowest BCUT2D eigenvalue weighted by molar-refractivity contribution is -0.201. The molecule has 0 saturated heterocycles. The van der Waals surface area contributed by atoms with Crippen LogP contribution in [0.1, 0.15) is 34.2 Å². The molecule has 0 fully saturated rings. The molecule has 0 bridgehead atoms. The zero-order chi connectivity index (χ0) is 36.2. The minimum Gasteiger partial charge on any atom is -0.463 e. The predicted octanol–water partition coefficient (Wildman–Crippen LogP) is 7.68. The van der Waals surface area contributed by atoms with Gasteiger partial charge in [0.15, 0.2) is 0 Å². The molecule has 0 aliphatic rings. The lowest BCUT2D eigenvalue weighted by Crippen LogP contribution is -2.51. The smallest absolute Gasteiger partial charge is 0.374 e. The van der Waals surface area contributed by atoms with E-state index in [0.29, 0.717) is 6.61 Å². The van der Waals surface area contributed by atoms with Gasteiger partial charge in [-0.15, -0.1) is 0 Å². The molecule has 0 spiro atoms. The van der Waals surface area contributed by atoms with Gasteiger partial charge in [0.1, 0.15) is 18.3 Å². The molecule has 5 rings (SSSR count). The summed E-state index contributed by atoms with van der Waals surface area (Å²) >= 11 is 0. The molecule has 0 saturated carbocycles. The lowest BCUT2D eigenvalue weighted by atomic mass is 9.97. The zero-order valence-corrected chi connectivity index (χ0v) is 29.5. The summed E-state index contributed by atoms with van der Waals surface area (Å²) in [6.07, 6.45) is -3.66. The van der Waals surface area contributed by atoms with Gasteiger partial charge in [-0.3, -0.25) is 4.79 Å². The largest absolute Gasteiger partial charge is 0.463 e. The normalized spacial score (nSPS) is 13.5. The third kappa shape index (κ3) is 12.7. The molecule has 5 aromatic carbocycles. The Labute approximate surface area is 306 Å². The van der Waals surface area contributed by atoms with Crippen LogP contribution in [-0.2, 0) is 71.0 Å². The molecular formula is C44H46O8. The van der Waals surface area contributed by atoms with E-state index in [-0.39, 0.29) is 39.5 Å². The van der Waals surface area contributed by atoms with Gasteiger partial charge in [0, 0.05) is 6.42 Å². The first-order valence-corrected chi connectivity index (χ1v) is 17.4. The van der Waals surface area contributed by atoms with E-state index >= 15 is 0 Å². The topological polar surface area (TPSA) is 89.5 Å². The zero-order valence-electron chi connectivity index (χ0n) is 29.5. The van der Waals surface area contributed by atoms with E-state index in [9.17, 15) is 9.59 Å². The highest BCUT2D eigenvalue weighted by molar-refractivity contribution is 6.33. The fraction of sp³-hybridized carbons (Fsp3) is 0.273. The van der Waals surface area contributed by atoms with Crippen LogP contribution in [0.4, 0.5) is 0 Å². The number of ketones is 1. The molecular weight excluding hydrogens is 656 g/mol. The number of rotatable bonds is 22. The van der Waals surface area contributed by atoms with Gasteiger partial charge >= 0.3 is 5.97 Å². The Morgan fingerprint density at radius 2 is 0.769 bits per heavy atom. The van der Waals surface area contributed by atoms with Crippen molar-refractivity contribution in [2.24, 2.45) is 0 Å². The Hall–Kier alpha value is -4.96. The maximum Gasteiger partial charge on any atom is 0.374 e. The quantitative estimate of drug-likeness (QED) is 0.0536. The fourth-order valence-corrected chi connectivity index (χ4v) is 5.67. The van der Waals surface area contributed by atoms with Crippen LogP contribution in [0.3, 0.4) is 0 Å². The molecule has 8 nitrogen and oxygen atoms in total. The first-order chi connectivity index (χ1) is 25.6. The summed E-state index contributed by atoms with van der Waals surface area (Å²) in [6, 6.07) is 48.9. The summed E-state index contributed by atoms with van der Waals surface area (Å²) in [4.78, 5) is 25.8. The van der Waals surface area contributed by atoms with E-state index in [2.05, 4.69) is 0 Å². The van der Waals surface area contributed by atoms with Gasteiger partial charge in [-0.25, -0.2) is 4.79 Å². The molecule has 52 heavy (non-hydrogen) atoms. The van der Waals surface area contributed by atoms with E-state index in [4.69, 9.17) is 28.4 Å². The molecule has 270 valence electrons.